The second kappa shape index (κ2) is 5.93. The van der Waals surface area contributed by atoms with Gasteiger partial charge in [0.2, 0.25) is 0 Å². The molecule has 0 bridgehead atoms. The van der Waals surface area contributed by atoms with Crippen LogP contribution >= 0.6 is 0 Å². The first-order valence-corrected chi connectivity index (χ1v) is 6.95. The number of carbonyl (C=O) groups is 1. The van der Waals surface area contributed by atoms with Gasteiger partial charge < -0.3 is 19.3 Å². The van der Waals surface area contributed by atoms with E-state index in [-0.39, 0.29) is 11.8 Å². The molecular formula is C14H22N2O4. The van der Waals surface area contributed by atoms with Gasteiger partial charge in [-0.25, -0.2) is 0 Å². The first-order chi connectivity index (χ1) is 9.43. The van der Waals surface area contributed by atoms with Crippen molar-refractivity contribution in [2.75, 3.05) is 19.8 Å². The summed E-state index contributed by atoms with van der Waals surface area (Å²) in [5, 5.41) is 6.75. The SMILES string of the molecule is Cc1noc(C(C)C)c1C(=O)NCCC1(C)OCCO1. The molecule has 0 radical (unpaired) electrons. The number of hydrogen-bond acceptors (Lipinski definition) is 5. The molecule has 6 heteroatoms. The van der Waals surface area contributed by atoms with Gasteiger partial charge in [-0.2, -0.15) is 0 Å². The minimum absolute atomic E-state index is 0.121. The van der Waals surface area contributed by atoms with Crippen LogP contribution in [0, 0.1) is 6.92 Å². The van der Waals surface area contributed by atoms with Gasteiger partial charge in [-0.15, -0.1) is 0 Å². The van der Waals surface area contributed by atoms with Crippen LogP contribution in [0.4, 0.5) is 0 Å². The van der Waals surface area contributed by atoms with Crippen LogP contribution in [-0.2, 0) is 9.47 Å². The van der Waals surface area contributed by atoms with E-state index in [9.17, 15) is 4.79 Å². The van der Waals surface area contributed by atoms with Gasteiger partial charge in [0.1, 0.15) is 5.56 Å². The van der Waals surface area contributed by atoms with Gasteiger partial charge in [0.25, 0.3) is 5.91 Å². The molecule has 1 aliphatic rings. The summed E-state index contributed by atoms with van der Waals surface area (Å²) in [5.41, 5.74) is 1.16. The van der Waals surface area contributed by atoms with Crippen LogP contribution in [0.25, 0.3) is 0 Å². The van der Waals surface area contributed by atoms with Crippen LogP contribution in [0.1, 0.15) is 54.9 Å². The Bertz CT molecular complexity index is 476. The monoisotopic (exact) mass is 282 g/mol. The summed E-state index contributed by atoms with van der Waals surface area (Å²) in [6.07, 6.45) is 0.611. The van der Waals surface area contributed by atoms with Crippen LogP contribution in [0.2, 0.25) is 0 Å². The van der Waals surface area contributed by atoms with Crippen molar-refractivity contribution in [3.63, 3.8) is 0 Å². The minimum atomic E-state index is -0.585. The molecule has 1 aromatic heterocycles. The highest BCUT2D eigenvalue weighted by Gasteiger charge is 2.31. The predicted molar refractivity (Wildman–Crippen MR) is 72.6 cm³/mol. The lowest BCUT2D eigenvalue weighted by Crippen LogP contribution is -2.34. The van der Waals surface area contributed by atoms with Gasteiger partial charge in [-0.3, -0.25) is 4.79 Å². The van der Waals surface area contributed by atoms with E-state index < -0.39 is 5.79 Å². The van der Waals surface area contributed by atoms with Crippen LogP contribution in [0.3, 0.4) is 0 Å². The lowest BCUT2D eigenvalue weighted by Gasteiger charge is -2.22. The number of aryl methyl sites for hydroxylation is 1. The number of nitrogens with zero attached hydrogens (tertiary/aromatic N) is 1. The van der Waals surface area contributed by atoms with E-state index >= 15 is 0 Å². The van der Waals surface area contributed by atoms with Crippen LogP contribution < -0.4 is 5.32 Å². The van der Waals surface area contributed by atoms with E-state index in [1.807, 2.05) is 20.8 Å². The molecule has 0 spiro atoms. The molecule has 1 amide bonds. The van der Waals surface area contributed by atoms with E-state index in [0.717, 1.165) is 0 Å². The molecule has 0 aromatic carbocycles. The highest BCUT2D eigenvalue weighted by Crippen LogP contribution is 2.23. The molecule has 1 fully saturated rings. The van der Waals surface area contributed by atoms with E-state index in [0.29, 0.717) is 43.2 Å². The topological polar surface area (TPSA) is 73.6 Å². The van der Waals surface area contributed by atoms with Crippen molar-refractivity contribution < 1.29 is 18.8 Å². The quantitative estimate of drug-likeness (QED) is 0.894. The summed E-state index contributed by atoms with van der Waals surface area (Å²) in [5.74, 6) is 0.00212. The second-order valence-electron chi connectivity index (χ2n) is 5.50. The molecule has 0 saturated carbocycles. The van der Waals surface area contributed by atoms with Crippen molar-refractivity contribution >= 4 is 5.91 Å². The van der Waals surface area contributed by atoms with Crippen molar-refractivity contribution in [3.05, 3.63) is 17.0 Å². The fourth-order valence-electron chi connectivity index (χ4n) is 2.25. The fourth-order valence-corrected chi connectivity index (χ4v) is 2.25. The standard InChI is InChI=1S/C14H22N2O4/c1-9(2)12-11(10(3)16-20-12)13(17)15-6-5-14(4)18-7-8-19-14/h9H,5-8H2,1-4H3,(H,15,17). The van der Waals surface area contributed by atoms with Gasteiger partial charge in [0.15, 0.2) is 11.5 Å². The third-order valence-corrected chi connectivity index (χ3v) is 3.40. The Kier molecular flexibility index (Phi) is 4.45. The first-order valence-electron chi connectivity index (χ1n) is 6.95. The van der Waals surface area contributed by atoms with Gasteiger partial charge in [0.05, 0.1) is 18.9 Å². The van der Waals surface area contributed by atoms with E-state index in [2.05, 4.69) is 10.5 Å². The van der Waals surface area contributed by atoms with Gasteiger partial charge in [-0.1, -0.05) is 19.0 Å². The van der Waals surface area contributed by atoms with Crippen molar-refractivity contribution in [3.8, 4) is 0 Å². The highest BCUT2D eigenvalue weighted by atomic mass is 16.7. The number of nitrogens with one attached hydrogen (secondary N) is 1. The molecule has 0 atom stereocenters. The van der Waals surface area contributed by atoms with Crippen LogP contribution in [-0.4, -0.2) is 36.6 Å². The fraction of sp³-hybridized carbons (Fsp3) is 0.714. The number of amides is 1. The summed E-state index contributed by atoms with van der Waals surface area (Å²) < 4.78 is 16.2. The molecule has 0 unspecified atom stereocenters. The molecule has 6 nitrogen and oxygen atoms in total. The van der Waals surface area contributed by atoms with Crippen molar-refractivity contribution in [1.82, 2.24) is 10.5 Å². The molecule has 0 aliphatic carbocycles. The van der Waals surface area contributed by atoms with Crippen LogP contribution in [0.15, 0.2) is 4.52 Å². The van der Waals surface area contributed by atoms with E-state index in [1.165, 1.54) is 0 Å². The molecule has 1 N–H and O–H groups in total. The third-order valence-electron chi connectivity index (χ3n) is 3.40. The lowest BCUT2D eigenvalue weighted by molar-refractivity contribution is -0.145. The van der Waals surface area contributed by atoms with E-state index in [4.69, 9.17) is 14.0 Å². The minimum Gasteiger partial charge on any atom is -0.360 e. The first kappa shape index (κ1) is 15.0. The Hall–Kier alpha value is -1.40. The Morgan fingerprint density at radius 1 is 1.40 bits per heavy atom. The molecule has 1 aromatic rings. The maximum Gasteiger partial charge on any atom is 0.256 e. The molecular weight excluding hydrogens is 260 g/mol. The van der Waals surface area contributed by atoms with Gasteiger partial charge >= 0.3 is 0 Å². The smallest absolute Gasteiger partial charge is 0.256 e. The molecule has 20 heavy (non-hydrogen) atoms. The molecule has 2 heterocycles. The Balaban J connectivity index is 1.93. The summed E-state index contributed by atoms with van der Waals surface area (Å²) >= 11 is 0. The Morgan fingerprint density at radius 2 is 2.05 bits per heavy atom. The predicted octanol–water partition coefficient (Wildman–Crippen LogP) is 1.99. The third kappa shape index (κ3) is 3.19. The largest absolute Gasteiger partial charge is 0.360 e. The summed E-state index contributed by atoms with van der Waals surface area (Å²) in [6.45, 7) is 9.29. The van der Waals surface area contributed by atoms with Crippen molar-refractivity contribution in [2.24, 2.45) is 0 Å². The van der Waals surface area contributed by atoms with E-state index in [1.54, 1.807) is 6.92 Å². The van der Waals surface area contributed by atoms with Gasteiger partial charge in [0, 0.05) is 18.9 Å². The Morgan fingerprint density at radius 3 is 2.65 bits per heavy atom. The average molecular weight is 282 g/mol. The number of aromatic nitrogens is 1. The number of rotatable bonds is 5. The lowest BCUT2D eigenvalue weighted by atomic mass is 10.0. The normalized spacial score (nSPS) is 17.6. The molecule has 112 valence electrons. The maximum atomic E-state index is 12.2. The second-order valence-corrected chi connectivity index (χ2v) is 5.50. The summed E-state index contributed by atoms with van der Waals surface area (Å²) in [7, 11) is 0. The van der Waals surface area contributed by atoms with Crippen LogP contribution in [0.5, 0.6) is 0 Å². The summed E-state index contributed by atoms with van der Waals surface area (Å²) in [6, 6.07) is 0. The zero-order valence-corrected chi connectivity index (χ0v) is 12.5. The van der Waals surface area contributed by atoms with Crippen molar-refractivity contribution in [1.29, 1.82) is 0 Å². The van der Waals surface area contributed by atoms with Gasteiger partial charge in [-0.05, 0) is 13.8 Å². The molecule has 1 aliphatic heterocycles. The number of carbonyl (C=O) groups excluding carboxylic acids is 1. The average Bonchev–Trinajstić information content (AvgIpc) is 2.96. The number of hydrogen-bond donors (Lipinski definition) is 1. The Labute approximate surface area is 118 Å². The molecule has 1 saturated heterocycles. The molecule has 2 rings (SSSR count). The number of ether oxygens (including phenoxy) is 2. The zero-order chi connectivity index (χ0) is 14.8. The zero-order valence-electron chi connectivity index (χ0n) is 12.5. The maximum absolute atomic E-state index is 12.2. The van der Waals surface area contributed by atoms with Crippen molar-refractivity contribution in [2.45, 2.75) is 45.8 Å². The summed E-state index contributed by atoms with van der Waals surface area (Å²) in [4.78, 5) is 12.2. The highest BCUT2D eigenvalue weighted by molar-refractivity contribution is 5.96.